The van der Waals surface area contributed by atoms with Gasteiger partial charge in [-0.2, -0.15) is 0 Å². The molecule has 29 aromatic rings. The number of fused-ring (bicyclic) bond motifs is 18. The molecule has 12 heteroatoms. The zero-order chi connectivity index (χ0) is 95.1. The van der Waals surface area contributed by atoms with Crippen LogP contribution < -0.4 is 0 Å². The minimum absolute atomic E-state index is 0.601. The molecule has 0 atom stereocenters. The molecule has 0 N–H and O–H groups in total. The summed E-state index contributed by atoms with van der Waals surface area (Å²) in [4.78, 5) is 31.1. The summed E-state index contributed by atoms with van der Waals surface area (Å²) in [6.45, 7) is 0. The summed E-state index contributed by atoms with van der Waals surface area (Å²) < 4.78 is 14.6. The molecule has 10 heterocycles. The fourth-order valence-electron chi connectivity index (χ4n) is 20.7. The standard InChI is InChI=1S/C51H32N4S.C41H26N2S.C40H25N3S/c1-3-10-33(11-4-1)35-17-21-37(22-18-35)44-32-45(38-23-19-36(20-24-38)34-12-5-2-6-13-34)54-51(53-44)55-46-27-25-39(31-43(46)50-47(55)15-9-29-52-50)40-26-28-49-42(30-40)41-14-7-8-16-48(41)56-49;1-3-11-27(12-4-1)31-25-36(28-13-5-2-6-14-28)42-41(26-31)43-37-17-9-7-15-32(37)34-23-29(19-21-38(34)43)30-20-22-40-35(24-30)33-16-8-10-18-39(33)44-40;1-3-11-26(12-4-1)34-25-35(27-13-5-2-6-14-27)42-40(41-34)43-36-17-9-7-15-30(36)32-23-28(19-21-37(32)43)29-20-22-39-33(24-29)31-16-8-10-18-38(31)44-39/h1-32H;1-26H;1-25H. The van der Waals surface area contributed by atoms with Crippen LogP contribution in [0.25, 0.3) is 267 Å². The van der Waals surface area contributed by atoms with Gasteiger partial charge < -0.3 is 0 Å². The smallest absolute Gasteiger partial charge is 0.235 e. The Kier molecular flexibility index (Phi) is 21.3. The van der Waals surface area contributed by atoms with Crippen LogP contribution in [0.4, 0.5) is 0 Å². The van der Waals surface area contributed by atoms with E-state index < -0.39 is 0 Å². The van der Waals surface area contributed by atoms with Crippen LogP contribution in [-0.4, -0.2) is 43.6 Å². The van der Waals surface area contributed by atoms with E-state index >= 15 is 0 Å². The quantitative estimate of drug-likeness (QED) is 0.108. The minimum atomic E-state index is 0.601. The van der Waals surface area contributed by atoms with Crippen molar-refractivity contribution in [2.75, 3.05) is 0 Å². The molecule has 0 amide bonds. The second-order valence-electron chi connectivity index (χ2n) is 36.4. The Hall–Kier alpha value is -18.3. The third-order valence-electron chi connectivity index (χ3n) is 27.8. The lowest BCUT2D eigenvalue weighted by atomic mass is 10.0. The van der Waals surface area contributed by atoms with Crippen LogP contribution in [0.1, 0.15) is 0 Å². The third kappa shape index (κ3) is 15.6. The van der Waals surface area contributed by atoms with E-state index in [4.69, 9.17) is 29.9 Å². The van der Waals surface area contributed by atoms with Gasteiger partial charge in [0.15, 0.2) is 0 Å². The Morgan fingerprint density at radius 3 is 0.806 bits per heavy atom. The molecular weight excluding hydrogens is 1810 g/mol. The number of rotatable bonds is 14. The van der Waals surface area contributed by atoms with Crippen molar-refractivity contribution in [2.24, 2.45) is 0 Å². The maximum Gasteiger partial charge on any atom is 0.235 e. The summed E-state index contributed by atoms with van der Waals surface area (Å²) in [6.07, 6.45) is 1.87. The predicted molar refractivity (Wildman–Crippen MR) is 608 cm³/mol. The molecule has 0 aliphatic rings. The third-order valence-corrected chi connectivity index (χ3v) is 31.2. The van der Waals surface area contributed by atoms with E-state index in [2.05, 4.69) is 481 Å². The Morgan fingerprint density at radius 2 is 0.403 bits per heavy atom. The van der Waals surface area contributed by atoms with Crippen LogP contribution in [0.3, 0.4) is 0 Å². The van der Waals surface area contributed by atoms with Crippen LogP contribution in [0.2, 0.25) is 0 Å². The van der Waals surface area contributed by atoms with Gasteiger partial charge in [-0.05, 0) is 206 Å². The number of para-hydroxylation sites is 2. The van der Waals surface area contributed by atoms with Gasteiger partial charge in [0.2, 0.25) is 11.9 Å². The van der Waals surface area contributed by atoms with Crippen molar-refractivity contribution in [2.45, 2.75) is 0 Å². The van der Waals surface area contributed by atoms with E-state index in [-0.39, 0.29) is 0 Å². The van der Waals surface area contributed by atoms with Gasteiger partial charge in [-0.15, -0.1) is 34.0 Å². The SMILES string of the molecule is c1ccc(-c2cc(-c3ccccc3)nc(-n3c4ccccc4c4cc(-c5ccc6sc7ccccc7c6c5)ccc43)c2)cc1.c1ccc(-c2cc(-c3ccccc3)nc(-n3c4ccccc4c4cc(-c5ccc6sc7ccccc7c6c5)ccc43)n2)cc1.c1ccc(-c2ccc(-c3cc(-c4ccc(-c5ccccc5)cc4)nc(-n4c5ccc(-c6ccc7sc8ccccc8c7c6)cc5c5ncccc54)n3)cc2)cc1. The van der Waals surface area contributed by atoms with Crippen molar-refractivity contribution < 1.29 is 0 Å². The van der Waals surface area contributed by atoms with Crippen LogP contribution in [0, 0.1) is 0 Å². The van der Waals surface area contributed by atoms with Crippen LogP contribution in [0.15, 0.2) is 504 Å². The van der Waals surface area contributed by atoms with Gasteiger partial charge in [-0.25, -0.2) is 24.9 Å². The van der Waals surface area contributed by atoms with Gasteiger partial charge in [0.25, 0.3) is 0 Å². The fourth-order valence-corrected chi connectivity index (χ4v) is 24.0. The molecule has 674 valence electrons. The molecule has 0 fully saturated rings. The molecule has 9 nitrogen and oxygen atoms in total. The van der Waals surface area contributed by atoms with Gasteiger partial charge >= 0.3 is 0 Å². The Bertz CT molecular complexity index is 9440. The number of nitrogens with zero attached hydrogens (tertiary/aromatic N) is 9. The summed E-state index contributed by atoms with van der Waals surface area (Å²) in [5.41, 5.74) is 31.3. The van der Waals surface area contributed by atoms with Gasteiger partial charge in [0.1, 0.15) is 5.82 Å². The molecule has 0 aliphatic heterocycles. The first-order valence-corrected chi connectivity index (χ1v) is 50.8. The fraction of sp³-hybridized carbons (Fsp3) is 0. The number of aromatic nitrogens is 9. The number of thiophene rings is 3. The van der Waals surface area contributed by atoms with Crippen LogP contribution >= 0.6 is 34.0 Å². The first-order valence-electron chi connectivity index (χ1n) is 48.4. The van der Waals surface area contributed by atoms with E-state index in [9.17, 15) is 0 Å². The van der Waals surface area contributed by atoms with E-state index in [0.29, 0.717) is 11.9 Å². The van der Waals surface area contributed by atoms with Crippen molar-refractivity contribution >= 4 is 160 Å². The van der Waals surface area contributed by atoms with Gasteiger partial charge in [-0.1, -0.05) is 358 Å². The van der Waals surface area contributed by atoms with Crippen molar-refractivity contribution in [3.05, 3.63) is 504 Å². The second kappa shape index (κ2) is 36.2. The highest BCUT2D eigenvalue weighted by atomic mass is 32.1. The van der Waals surface area contributed by atoms with Crippen molar-refractivity contribution in [1.82, 2.24) is 43.6 Å². The number of benzene rings is 19. The number of pyridine rings is 2. The second-order valence-corrected chi connectivity index (χ2v) is 39.6. The lowest BCUT2D eigenvalue weighted by Crippen LogP contribution is -2.04. The maximum absolute atomic E-state index is 5.30. The normalized spacial score (nSPS) is 11.6. The molecule has 29 rings (SSSR count). The highest BCUT2D eigenvalue weighted by molar-refractivity contribution is 7.26. The van der Waals surface area contributed by atoms with E-state index in [1.165, 1.54) is 127 Å². The number of hydrogen-bond donors (Lipinski definition) is 0. The Balaban J connectivity index is 0.000000109. The molecule has 0 bridgehead atoms. The topological polar surface area (TPSA) is 92.1 Å². The lowest BCUT2D eigenvalue weighted by molar-refractivity contribution is 0.994. The molecule has 0 saturated carbocycles. The average Bonchev–Trinajstić information content (AvgIpc) is 1.59. The average molecular weight is 1890 g/mol. The molecule has 0 aliphatic carbocycles. The lowest BCUT2D eigenvalue weighted by Gasteiger charge is -2.13. The highest BCUT2D eigenvalue weighted by Crippen LogP contribution is 2.46. The Labute approximate surface area is 841 Å². The summed E-state index contributed by atoms with van der Waals surface area (Å²) in [5.74, 6) is 2.18. The summed E-state index contributed by atoms with van der Waals surface area (Å²) in [5, 5.41) is 13.7. The monoisotopic (exact) mass is 1890 g/mol. The first kappa shape index (κ1) is 84.9. The Morgan fingerprint density at radius 1 is 0.146 bits per heavy atom. The summed E-state index contributed by atoms with van der Waals surface area (Å²) in [7, 11) is 0. The molecule has 0 radical (unpaired) electrons. The molecule has 10 aromatic heterocycles. The van der Waals surface area contributed by atoms with E-state index in [0.717, 1.165) is 128 Å². The van der Waals surface area contributed by atoms with Gasteiger partial charge in [0.05, 0.1) is 67.1 Å². The van der Waals surface area contributed by atoms with Crippen molar-refractivity contribution in [1.29, 1.82) is 0 Å². The summed E-state index contributed by atoms with van der Waals surface area (Å²) in [6, 6.07) is 177. The zero-order valence-electron chi connectivity index (χ0n) is 77.7. The van der Waals surface area contributed by atoms with Gasteiger partial charge in [0, 0.05) is 121 Å². The molecule has 0 spiro atoms. The zero-order valence-corrected chi connectivity index (χ0v) is 80.1. The predicted octanol–water partition coefficient (Wildman–Crippen LogP) is 36.2. The molecule has 144 heavy (non-hydrogen) atoms. The first-order chi connectivity index (χ1) is 71.3. The van der Waals surface area contributed by atoms with Crippen molar-refractivity contribution in [3.8, 4) is 141 Å². The van der Waals surface area contributed by atoms with E-state index in [1.54, 1.807) is 0 Å². The van der Waals surface area contributed by atoms with Gasteiger partial charge in [-0.3, -0.25) is 18.7 Å². The highest BCUT2D eigenvalue weighted by Gasteiger charge is 2.25. The van der Waals surface area contributed by atoms with Crippen molar-refractivity contribution in [3.63, 3.8) is 0 Å². The molecule has 0 saturated heterocycles. The largest absolute Gasteiger partial charge is 0.294 e. The van der Waals surface area contributed by atoms with E-state index in [1.807, 2.05) is 70.5 Å². The summed E-state index contributed by atoms with van der Waals surface area (Å²) >= 11 is 5.55. The maximum atomic E-state index is 5.30. The van der Waals surface area contributed by atoms with Crippen LogP contribution in [0.5, 0.6) is 0 Å². The minimum Gasteiger partial charge on any atom is -0.294 e. The molecule has 19 aromatic carbocycles. The molecule has 0 unspecified atom stereocenters. The molecular formula is C132H83N9S3. The van der Waals surface area contributed by atoms with Crippen LogP contribution in [-0.2, 0) is 0 Å². The number of hydrogen-bond acceptors (Lipinski definition) is 9.